The highest BCUT2D eigenvalue weighted by molar-refractivity contribution is 5.81. The van der Waals surface area contributed by atoms with Crippen LogP contribution < -0.4 is 0 Å². The fourth-order valence-electron chi connectivity index (χ4n) is 3.56. The predicted octanol–water partition coefficient (Wildman–Crippen LogP) is 6.56. The zero-order valence-electron chi connectivity index (χ0n) is 15.2. The molecule has 0 spiro atoms. The van der Waals surface area contributed by atoms with Crippen LogP contribution in [0.5, 0.6) is 0 Å². The van der Waals surface area contributed by atoms with Crippen LogP contribution in [-0.2, 0) is 18.3 Å². The van der Waals surface area contributed by atoms with Crippen molar-refractivity contribution in [1.82, 2.24) is 0 Å². The summed E-state index contributed by atoms with van der Waals surface area (Å²) < 4.78 is 0. The molecule has 0 amide bonds. The third-order valence-corrected chi connectivity index (χ3v) is 4.88. The largest absolute Gasteiger partial charge is 0.0683 e. The van der Waals surface area contributed by atoms with Gasteiger partial charge in [0.2, 0.25) is 0 Å². The number of hydrogen-bond donors (Lipinski definition) is 0. The first-order valence-electron chi connectivity index (χ1n) is 8.83. The summed E-state index contributed by atoms with van der Waals surface area (Å²) in [6, 6.07) is 13.8. The number of benzene rings is 2. The van der Waals surface area contributed by atoms with Crippen molar-refractivity contribution in [1.29, 1.82) is 0 Å². The van der Waals surface area contributed by atoms with Crippen molar-refractivity contribution in [3.63, 3.8) is 0 Å². The molecule has 0 aliphatic heterocycles. The maximum Gasteiger partial charge on any atom is -0.00576 e. The Morgan fingerprint density at radius 1 is 0.957 bits per heavy atom. The summed E-state index contributed by atoms with van der Waals surface area (Å²) in [7, 11) is 0. The van der Waals surface area contributed by atoms with E-state index in [0.717, 1.165) is 6.42 Å². The highest BCUT2D eigenvalue weighted by Crippen LogP contribution is 2.37. The van der Waals surface area contributed by atoms with Gasteiger partial charge in [0.15, 0.2) is 0 Å². The molecule has 0 bridgehead atoms. The van der Waals surface area contributed by atoms with Gasteiger partial charge in [0.05, 0.1) is 0 Å². The molecule has 120 valence electrons. The maximum atomic E-state index is 2.39. The van der Waals surface area contributed by atoms with Crippen LogP contribution in [0, 0.1) is 0 Å². The summed E-state index contributed by atoms with van der Waals surface area (Å²) in [6.07, 6.45) is 5.91. The van der Waals surface area contributed by atoms with Crippen LogP contribution in [-0.4, -0.2) is 0 Å². The number of rotatable bonds is 3. The van der Waals surface area contributed by atoms with Gasteiger partial charge in [-0.1, -0.05) is 82.2 Å². The van der Waals surface area contributed by atoms with E-state index in [1.165, 1.54) is 46.2 Å². The van der Waals surface area contributed by atoms with E-state index >= 15 is 0 Å². The molecule has 1 aliphatic carbocycles. The first-order chi connectivity index (χ1) is 10.9. The van der Waals surface area contributed by atoms with Gasteiger partial charge in [0, 0.05) is 0 Å². The summed E-state index contributed by atoms with van der Waals surface area (Å²) in [5.74, 6) is 0. The number of fused-ring (bicyclic) bond motifs is 1. The third-order valence-electron chi connectivity index (χ3n) is 4.88. The second-order valence-corrected chi connectivity index (χ2v) is 7.91. The molecule has 23 heavy (non-hydrogen) atoms. The molecule has 0 heteroatoms. The SMILES string of the molecule is CCCc1ccc(-c2ccc(C(C)(C)C)cc2)c2c1CC(C)=C2. The van der Waals surface area contributed by atoms with Crippen molar-refractivity contribution in [3.05, 3.63) is 64.2 Å². The van der Waals surface area contributed by atoms with Crippen molar-refractivity contribution in [2.24, 2.45) is 0 Å². The topological polar surface area (TPSA) is 0 Å². The lowest BCUT2D eigenvalue weighted by atomic mass is 9.85. The molecule has 0 unspecified atom stereocenters. The Hall–Kier alpha value is -1.82. The Labute approximate surface area is 141 Å². The Balaban J connectivity index is 2.06. The minimum absolute atomic E-state index is 0.210. The van der Waals surface area contributed by atoms with Crippen LogP contribution in [0.25, 0.3) is 17.2 Å². The highest BCUT2D eigenvalue weighted by atomic mass is 14.2. The minimum atomic E-state index is 0.210. The summed E-state index contributed by atoms with van der Waals surface area (Å²) in [5.41, 5.74) is 10.4. The summed E-state index contributed by atoms with van der Waals surface area (Å²) in [5, 5.41) is 0. The Kier molecular flexibility index (Phi) is 4.19. The van der Waals surface area contributed by atoms with Crippen LogP contribution in [0.3, 0.4) is 0 Å². The Morgan fingerprint density at radius 2 is 1.65 bits per heavy atom. The fourth-order valence-corrected chi connectivity index (χ4v) is 3.56. The van der Waals surface area contributed by atoms with E-state index in [-0.39, 0.29) is 5.41 Å². The minimum Gasteiger partial charge on any atom is -0.0683 e. The predicted molar refractivity (Wildman–Crippen MR) is 102 cm³/mol. The van der Waals surface area contributed by atoms with E-state index in [1.807, 2.05) is 0 Å². The van der Waals surface area contributed by atoms with Gasteiger partial charge in [-0.25, -0.2) is 0 Å². The Bertz CT molecular complexity index is 737. The van der Waals surface area contributed by atoms with E-state index in [4.69, 9.17) is 0 Å². The summed E-state index contributed by atoms with van der Waals surface area (Å²) in [4.78, 5) is 0. The van der Waals surface area contributed by atoms with E-state index in [1.54, 1.807) is 5.56 Å². The van der Waals surface area contributed by atoms with Gasteiger partial charge in [-0.3, -0.25) is 0 Å². The average Bonchev–Trinajstić information content (AvgIpc) is 2.89. The lowest BCUT2D eigenvalue weighted by Crippen LogP contribution is -2.10. The smallest absolute Gasteiger partial charge is 0.00576 e. The molecule has 0 saturated carbocycles. The van der Waals surface area contributed by atoms with Crippen molar-refractivity contribution < 1.29 is 0 Å². The molecule has 1 aliphatic rings. The van der Waals surface area contributed by atoms with Crippen LogP contribution in [0.2, 0.25) is 0 Å². The third kappa shape index (κ3) is 3.13. The number of aryl methyl sites for hydroxylation is 1. The summed E-state index contributed by atoms with van der Waals surface area (Å²) in [6.45, 7) is 11.3. The highest BCUT2D eigenvalue weighted by Gasteiger charge is 2.19. The van der Waals surface area contributed by atoms with E-state index in [0.29, 0.717) is 0 Å². The second-order valence-electron chi connectivity index (χ2n) is 7.91. The van der Waals surface area contributed by atoms with Gasteiger partial charge >= 0.3 is 0 Å². The van der Waals surface area contributed by atoms with Gasteiger partial charge in [0.25, 0.3) is 0 Å². The van der Waals surface area contributed by atoms with E-state index < -0.39 is 0 Å². The first kappa shape index (κ1) is 16.1. The molecule has 0 radical (unpaired) electrons. The molecule has 0 nitrogen and oxygen atoms in total. The van der Waals surface area contributed by atoms with Gasteiger partial charge in [-0.15, -0.1) is 0 Å². The van der Waals surface area contributed by atoms with Crippen LogP contribution in [0.1, 0.15) is 63.3 Å². The molecule has 3 rings (SSSR count). The van der Waals surface area contributed by atoms with Crippen LogP contribution in [0.4, 0.5) is 0 Å². The lowest BCUT2D eigenvalue weighted by Gasteiger charge is -2.19. The molecule has 0 atom stereocenters. The monoisotopic (exact) mass is 304 g/mol. The maximum absolute atomic E-state index is 2.39. The van der Waals surface area contributed by atoms with Crippen molar-refractivity contribution in [2.75, 3.05) is 0 Å². The molecule has 0 saturated heterocycles. The average molecular weight is 304 g/mol. The zero-order valence-corrected chi connectivity index (χ0v) is 15.2. The van der Waals surface area contributed by atoms with Gasteiger partial charge in [-0.05, 0) is 58.6 Å². The molecular weight excluding hydrogens is 276 g/mol. The number of allylic oxidation sites excluding steroid dienone is 1. The molecule has 0 fully saturated rings. The van der Waals surface area contributed by atoms with Gasteiger partial charge in [-0.2, -0.15) is 0 Å². The molecule has 0 N–H and O–H groups in total. The van der Waals surface area contributed by atoms with E-state index in [9.17, 15) is 0 Å². The fraction of sp³-hybridized carbons (Fsp3) is 0.391. The Morgan fingerprint density at radius 3 is 2.26 bits per heavy atom. The van der Waals surface area contributed by atoms with Gasteiger partial charge < -0.3 is 0 Å². The second kappa shape index (κ2) is 6.00. The standard InChI is InChI=1S/C23H28/c1-6-7-17-10-13-20(22-15-16(2)14-21(17)22)18-8-11-19(12-9-18)23(3,4)5/h8-13,15H,6-7,14H2,1-5H3. The van der Waals surface area contributed by atoms with Crippen LogP contribution in [0.15, 0.2) is 42.0 Å². The zero-order chi connectivity index (χ0) is 16.6. The first-order valence-corrected chi connectivity index (χ1v) is 8.83. The van der Waals surface area contributed by atoms with Gasteiger partial charge in [0.1, 0.15) is 0 Å². The van der Waals surface area contributed by atoms with Crippen molar-refractivity contribution in [3.8, 4) is 11.1 Å². The lowest BCUT2D eigenvalue weighted by molar-refractivity contribution is 0.590. The molecular formula is C23H28. The molecule has 2 aromatic carbocycles. The number of hydrogen-bond acceptors (Lipinski definition) is 0. The summed E-state index contributed by atoms with van der Waals surface area (Å²) >= 11 is 0. The normalized spacial score (nSPS) is 13.9. The molecule has 0 heterocycles. The molecule has 0 aromatic heterocycles. The quantitative estimate of drug-likeness (QED) is 0.602. The van der Waals surface area contributed by atoms with Crippen molar-refractivity contribution in [2.45, 2.75) is 59.3 Å². The van der Waals surface area contributed by atoms with Crippen molar-refractivity contribution >= 4 is 6.08 Å². The molecule has 2 aromatic rings. The van der Waals surface area contributed by atoms with Crippen LogP contribution >= 0.6 is 0 Å². The van der Waals surface area contributed by atoms with E-state index in [2.05, 4.69) is 77.1 Å².